The zero-order valence-corrected chi connectivity index (χ0v) is 14.3. The summed E-state index contributed by atoms with van der Waals surface area (Å²) in [6.45, 7) is 3.92. The molecule has 1 aliphatic heterocycles. The number of rotatable bonds is 6. The molecule has 130 valence electrons. The number of nitrogens with zero attached hydrogens (tertiary/aromatic N) is 2. The van der Waals surface area contributed by atoms with Crippen molar-refractivity contribution in [2.45, 2.75) is 18.7 Å². The van der Waals surface area contributed by atoms with E-state index in [0.29, 0.717) is 32.0 Å². The fourth-order valence-electron chi connectivity index (χ4n) is 2.16. The van der Waals surface area contributed by atoms with E-state index in [1.165, 1.54) is 42.4 Å². The molecule has 8 nitrogen and oxygen atoms in total. The van der Waals surface area contributed by atoms with E-state index in [1.807, 2.05) is 0 Å². The highest BCUT2D eigenvalue weighted by molar-refractivity contribution is 7.89. The molecule has 0 radical (unpaired) electrons. The number of carbonyl (C=O) groups is 2. The van der Waals surface area contributed by atoms with E-state index in [2.05, 4.69) is 10.5 Å². The summed E-state index contributed by atoms with van der Waals surface area (Å²) in [5.74, 6) is -0.886. The van der Waals surface area contributed by atoms with E-state index >= 15 is 0 Å². The van der Waals surface area contributed by atoms with E-state index in [9.17, 15) is 18.0 Å². The number of sulfonamides is 1. The number of Topliss-reactive ketones (excluding diaryl/α,β-unsaturated/α-hetero) is 2. The normalized spacial score (nSPS) is 15.6. The average Bonchev–Trinajstić information content (AvgIpc) is 2.55. The van der Waals surface area contributed by atoms with Gasteiger partial charge in [0.15, 0.2) is 17.3 Å². The standard InChI is InChI=1S/C15H19N3O5S/c1-11(19)15(12(2)20)17-16-13-3-5-14(6-4-13)24(21,22)18-7-9-23-10-8-18/h3-6,16H,7-10H2,1-2H3. The molecule has 0 spiro atoms. The molecule has 0 amide bonds. The first-order valence-electron chi connectivity index (χ1n) is 7.36. The molecule has 0 bridgehead atoms. The van der Waals surface area contributed by atoms with Crippen molar-refractivity contribution < 1.29 is 22.7 Å². The number of hydrogen-bond acceptors (Lipinski definition) is 7. The van der Waals surface area contributed by atoms with Crippen LogP contribution in [0.4, 0.5) is 5.69 Å². The topological polar surface area (TPSA) is 105 Å². The number of morpholine rings is 1. The zero-order chi connectivity index (χ0) is 17.7. The molecule has 1 aromatic carbocycles. The molecular weight excluding hydrogens is 334 g/mol. The van der Waals surface area contributed by atoms with Gasteiger partial charge in [-0.15, -0.1) is 0 Å². The van der Waals surface area contributed by atoms with Gasteiger partial charge in [0.25, 0.3) is 0 Å². The summed E-state index contributed by atoms with van der Waals surface area (Å²) in [7, 11) is -3.56. The summed E-state index contributed by atoms with van der Waals surface area (Å²) in [5.41, 5.74) is 2.86. The maximum atomic E-state index is 12.5. The fraction of sp³-hybridized carbons (Fsp3) is 0.400. The molecule has 1 heterocycles. The van der Waals surface area contributed by atoms with Crippen LogP contribution < -0.4 is 5.43 Å². The number of hydrazone groups is 1. The molecule has 9 heteroatoms. The van der Waals surface area contributed by atoms with Gasteiger partial charge in [-0.25, -0.2) is 8.42 Å². The van der Waals surface area contributed by atoms with E-state index in [1.54, 1.807) is 0 Å². The van der Waals surface area contributed by atoms with Crippen molar-refractivity contribution in [1.29, 1.82) is 0 Å². The highest BCUT2D eigenvalue weighted by Crippen LogP contribution is 2.19. The Balaban J connectivity index is 2.14. The minimum atomic E-state index is -3.56. The van der Waals surface area contributed by atoms with Gasteiger partial charge in [-0.2, -0.15) is 9.41 Å². The molecule has 2 rings (SSSR count). The number of benzene rings is 1. The van der Waals surface area contributed by atoms with Crippen LogP contribution in [0.25, 0.3) is 0 Å². The molecule has 0 aromatic heterocycles. The summed E-state index contributed by atoms with van der Waals surface area (Å²) >= 11 is 0. The van der Waals surface area contributed by atoms with Crippen molar-refractivity contribution in [2.24, 2.45) is 5.10 Å². The summed E-state index contributed by atoms with van der Waals surface area (Å²) in [6, 6.07) is 5.94. The number of carbonyl (C=O) groups excluding carboxylic acids is 2. The number of hydrogen-bond donors (Lipinski definition) is 1. The molecule has 1 fully saturated rings. The summed E-state index contributed by atoms with van der Waals surface area (Å²) < 4.78 is 31.5. The molecule has 0 saturated carbocycles. The minimum Gasteiger partial charge on any atom is -0.379 e. The third-order valence-corrected chi connectivity index (χ3v) is 5.34. The van der Waals surface area contributed by atoms with Crippen LogP contribution in [0.1, 0.15) is 13.8 Å². The lowest BCUT2D eigenvalue weighted by Crippen LogP contribution is -2.40. The number of nitrogens with one attached hydrogen (secondary N) is 1. The summed E-state index contributed by atoms with van der Waals surface area (Å²) in [4.78, 5) is 22.7. The molecule has 1 aliphatic rings. The number of ketones is 2. The first-order valence-corrected chi connectivity index (χ1v) is 8.80. The van der Waals surface area contributed by atoms with E-state index in [-0.39, 0.29) is 10.6 Å². The van der Waals surface area contributed by atoms with Crippen LogP contribution in [-0.4, -0.2) is 56.3 Å². The van der Waals surface area contributed by atoms with Gasteiger partial charge < -0.3 is 4.74 Å². The van der Waals surface area contributed by atoms with Crippen molar-refractivity contribution in [3.63, 3.8) is 0 Å². The Labute approximate surface area is 140 Å². The molecule has 1 N–H and O–H groups in total. The van der Waals surface area contributed by atoms with Gasteiger partial charge in [0.05, 0.1) is 23.8 Å². The first-order chi connectivity index (χ1) is 11.3. The Morgan fingerprint density at radius 2 is 1.62 bits per heavy atom. The minimum absolute atomic E-state index is 0.164. The molecule has 24 heavy (non-hydrogen) atoms. The Morgan fingerprint density at radius 1 is 1.08 bits per heavy atom. The van der Waals surface area contributed by atoms with Crippen molar-refractivity contribution in [3.8, 4) is 0 Å². The lowest BCUT2D eigenvalue weighted by molar-refractivity contribution is -0.114. The lowest BCUT2D eigenvalue weighted by atomic mass is 10.2. The first kappa shape index (κ1) is 18.2. The van der Waals surface area contributed by atoms with Gasteiger partial charge >= 0.3 is 0 Å². The van der Waals surface area contributed by atoms with Crippen LogP contribution in [-0.2, 0) is 24.3 Å². The Bertz CT molecular complexity index is 734. The van der Waals surface area contributed by atoms with Gasteiger partial charge in [0.2, 0.25) is 10.0 Å². The lowest BCUT2D eigenvalue weighted by Gasteiger charge is -2.26. The van der Waals surface area contributed by atoms with E-state index < -0.39 is 21.6 Å². The van der Waals surface area contributed by atoms with Crippen molar-refractivity contribution in [3.05, 3.63) is 24.3 Å². The van der Waals surface area contributed by atoms with Gasteiger partial charge in [-0.05, 0) is 24.3 Å². The monoisotopic (exact) mass is 353 g/mol. The summed E-state index contributed by atoms with van der Waals surface area (Å²) in [6.07, 6.45) is 0. The third-order valence-electron chi connectivity index (χ3n) is 3.43. The second-order valence-corrected chi connectivity index (χ2v) is 7.16. The van der Waals surface area contributed by atoms with Gasteiger partial charge in [0.1, 0.15) is 0 Å². The van der Waals surface area contributed by atoms with Gasteiger partial charge in [-0.1, -0.05) is 0 Å². The SMILES string of the molecule is CC(=O)C(=NNc1ccc(S(=O)(=O)N2CCOCC2)cc1)C(C)=O. The van der Waals surface area contributed by atoms with E-state index in [4.69, 9.17) is 4.74 Å². The van der Waals surface area contributed by atoms with Crippen LogP contribution >= 0.6 is 0 Å². The average molecular weight is 353 g/mol. The molecule has 0 atom stereocenters. The summed E-state index contributed by atoms with van der Waals surface area (Å²) in [5, 5.41) is 3.77. The second kappa shape index (κ2) is 7.65. The molecule has 1 aromatic rings. The molecule has 1 saturated heterocycles. The molecular formula is C15H19N3O5S. The van der Waals surface area contributed by atoms with E-state index in [0.717, 1.165) is 0 Å². The predicted octanol–water partition coefficient (Wildman–Crippen LogP) is 0.653. The van der Waals surface area contributed by atoms with Crippen LogP contribution in [0.15, 0.2) is 34.3 Å². The van der Waals surface area contributed by atoms with Crippen molar-refractivity contribution >= 4 is 33.0 Å². The Hall–Kier alpha value is -2.10. The number of anilines is 1. The van der Waals surface area contributed by atoms with Crippen LogP contribution in [0, 0.1) is 0 Å². The number of ether oxygens (including phenoxy) is 1. The Kier molecular flexibility index (Phi) is 5.81. The van der Waals surface area contributed by atoms with Crippen molar-refractivity contribution in [1.82, 2.24) is 4.31 Å². The smallest absolute Gasteiger partial charge is 0.243 e. The molecule has 0 unspecified atom stereocenters. The Morgan fingerprint density at radius 3 is 2.12 bits per heavy atom. The van der Waals surface area contributed by atoms with Crippen LogP contribution in [0.2, 0.25) is 0 Å². The van der Waals surface area contributed by atoms with Gasteiger partial charge in [0, 0.05) is 26.9 Å². The molecule has 0 aliphatic carbocycles. The largest absolute Gasteiger partial charge is 0.379 e. The fourth-order valence-corrected chi connectivity index (χ4v) is 3.57. The third kappa shape index (κ3) is 4.25. The predicted molar refractivity (Wildman–Crippen MR) is 88.4 cm³/mol. The second-order valence-electron chi connectivity index (χ2n) is 5.23. The van der Waals surface area contributed by atoms with Gasteiger partial charge in [-0.3, -0.25) is 15.0 Å². The highest BCUT2D eigenvalue weighted by Gasteiger charge is 2.26. The quantitative estimate of drug-likeness (QED) is 0.457. The highest BCUT2D eigenvalue weighted by atomic mass is 32.2. The van der Waals surface area contributed by atoms with Crippen LogP contribution in [0.5, 0.6) is 0 Å². The zero-order valence-electron chi connectivity index (χ0n) is 13.5. The maximum Gasteiger partial charge on any atom is 0.243 e. The maximum absolute atomic E-state index is 12.5. The van der Waals surface area contributed by atoms with Crippen molar-refractivity contribution in [2.75, 3.05) is 31.7 Å². The van der Waals surface area contributed by atoms with Crippen LogP contribution in [0.3, 0.4) is 0 Å².